The van der Waals surface area contributed by atoms with E-state index in [1.54, 1.807) is 18.2 Å². The summed E-state index contributed by atoms with van der Waals surface area (Å²) < 4.78 is 19.6. The number of nitrogens with one attached hydrogen (secondary N) is 4. The Bertz CT molecular complexity index is 956. The van der Waals surface area contributed by atoms with Gasteiger partial charge in [0.15, 0.2) is 0 Å². The molecule has 2 heterocycles. The fourth-order valence-electron chi connectivity index (χ4n) is 3.84. The molecule has 4 N–H and O–H groups in total. The molecule has 2 aromatic carbocycles. The summed E-state index contributed by atoms with van der Waals surface area (Å²) in [5, 5.41) is 12.6. The summed E-state index contributed by atoms with van der Waals surface area (Å²) in [6.45, 7) is 3.33. The molecule has 0 spiro atoms. The lowest BCUT2D eigenvalue weighted by molar-refractivity contribution is -0.137. The predicted octanol–water partition coefficient (Wildman–Crippen LogP) is 1.48. The normalized spacial score (nSPS) is 23.3. The number of rotatable bonds is 7. The largest absolute Gasteiger partial charge is 0.494 e. The van der Waals surface area contributed by atoms with Crippen molar-refractivity contribution in [2.75, 3.05) is 13.2 Å². The van der Waals surface area contributed by atoms with Gasteiger partial charge in [0.2, 0.25) is 5.91 Å². The van der Waals surface area contributed by atoms with E-state index in [0.29, 0.717) is 25.3 Å². The highest BCUT2D eigenvalue weighted by Crippen LogP contribution is 2.21. The lowest BCUT2D eigenvalue weighted by Crippen LogP contribution is -2.74. The van der Waals surface area contributed by atoms with Gasteiger partial charge in [0.05, 0.1) is 25.2 Å². The van der Waals surface area contributed by atoms with Crippen molar-refractivity contribution >= 4 is 11.9 Å². The number of halogens is 1. The van der Waals surface area contributed by atoms with Crippen molar-refractivity contribution in [2.24, 2.45) is 5.92 Å². The van der Waals surface area contributed by atoms with Crippen LogP contribution in [0.25, 0.3) is 0 Å². The van der Waals surface area contributed by atoms with Crippen LogP contribution in [0.1, 0.15) is 18.1 Å². The molecule has 3 unspecified atom stereocenters. The summed E-state index contributed by atoms with van der Waals surface area (Å²) in [6, 6.07) is 13.4. The summed E-state index contributed by atoms with van der Waals surface area (Å²) in [5.74, 6) is -0.451. The Morgan fingerprint density at radius 3 is 2.65 bits per heavy atom. The number of benzene rings is 2. The van der Waals surface area contributed by atoms with Crippen LogP contribution in [0, 0.1) is 11.7 Å². The summed E-state index contributed by atoms with van der Waals surface area (Å²) in [5.41, 5.74) is 1.31. The first-order valence-corrected chi connectivity index (χ1v) is 10.4. The Morgan fingerprint density at radius 1 is 1.13 bits per heavy atom. The quantitative estimate of drug-likeness (QED) is 0.535. The van der Waals surface area contributed by atoms with Crippen molar-refractivity contribution in [1.82, 2.24) is 26.2 Å². The number of para-hydroxylation sites is 1. The Balaban J connectivity index is 1.37. The Labute approximate surface area is 180 Å². The lowest BCUT2D eigenvalue weighted by atomic mass is 9.99. The third kappa shape index (κ3) is 4.68. The van der Waals surface area contributed by atoms with Crippen molar-refractivity contribution < 1.29 is 18.7 Å². The van der Waals surface area contributed by atoms with Crippen LogP contribution in [-0.2, 0) is 17.9 Å². The molecular formula is C22H26FN5O3. The molecular weight excluding hydrogens is 401 g/mol. The highest BCUT2D eigenvalue weighted by atomic mass is 19.1. The van der Waals surface area contributed by atoms with E-state index in [1.807, 2.05) is 31.2 Å². The number of urea groups is 1. The first kappa shape index (κ1) is 21.2. The van der Waals surface area contributed by atoms with E-state index in [1.165, 1.54) is 6.07 Å². The minimum absolute atomic E-state index is 0.101. The van der Waals surface area contributed by atoms with E-state index in [4.69, 9.17) is 4.74 Å². The number of fused-ring (bicyclic) bond motifs is 1. The lowest BCUT2D eigenvalue weighted by Gasteiger charge is -2.43. The maximum absolute atomic E-state index is 14.0. The molecule has 9 heteroatoms. The van der Waals surface area contributed by atoms with Crippen LogP contribution in [0.3, 0.4) is 0 Å². The van der Waals surface area contributed by atoms with E-state index in [9.17, 15) is 14.0 Å². The minimum atomic E-state index is -0.538. The van der Waals surface area contributed by atoms with E-state index in [0.717, 1.165) is 16.2 Å². The molecule has 2 fully saturated rings. The molecule has 0 bridgehead atoms. The number of carbonyl (C=O) groups is 2. The zero-order valence-corrected chi connectivity index (χ0v) is 17.2. The molecule has 0 radical (unpaired) electrons. The molecule has 2 saturated heterocycles. The second-order valence-electron chi connectivity index (χ2n) is 7.48. The van der Waals surface area contributed by atoms with Crippen molar-refractivity contribution in [1.29, 1.82) is 0 Å². The number of carbonyl (C=O) groups excluding carboxylic acids is 2. The maximum Gasteiger partial charge on any atom is 0.325 e. The molecule has 4 rings (SSSR count). The molecule has 2 aliphatic rings. The van der Waals surface area contributed by atoms with Crippen LogP contribution in [-0.4, -0.2) is 42.4 Å². The topological polar surface area (TPSA) is 94.7 Å². The number of ether oxygens (including phenoxy) is 1. The van der Waals surface area contributed by atoms with Gasteiger partial charge in [-0.1, -0.05) is 36.4 Å². The third-order valence-corrected chi connectivity index (χ3v) is 5.45. The average molecular weight is 427 g/mol. The minimum Gasteiger partial charge on any atom is -0.494 e. The Hall–Kier alpha value is -3.01. The molecule has 31 heavy (non-hydrogen) atoms. The first-order chi connectivity index (χ1) is 15.1. The number of amides is 3. The molecule has 3 amide bonds. The van der Waals surface area contributed by atoms with Gasteiger partial charge >= 0.3 is 6.03 Å². The summed E-state index contributed by atoms with van der Waals surface area (Å²) >= 11 is 0. The van der Waals surface area contributed by atoms with Crippen molar-refractivity contribution in [3.63, 3.8) is 0 Å². The highest BCUT2D eigenvalue weighted by molar-refractivity contribution is 5.98. The van der Waals surface area contributed by atoms with Gasteiger partial charge < -0.3 is 10.1 Å². The smallest absolute Gasteiger partial charge is 0.325 e. The van der Waals surface area contributed by atoms with E-state index in [2.05, 4.69) is 21.3 Å². The highest BCUT2D eigenvalue weighted by Gasteiger charge is 2.44. The fourth-order valence-corrected chi connectivity index (χ4v) is 3.84. The summed E-state index contributed by atoms with van der Waals surface area (Å²) in [4.78, 5) is 26.5. The van der Waals surface area contributed by atoms with E-state index < -0.39 is 23.9 Å². The molecule has 0 saturated carbocycles. The van der Waals surface area contributed by atoms with Gasteiger partial charge in [0.25, 0.3) is 0 Å². The second kappa shape index (κ2) is 9.42. The molecule has 2 aliphatic heterocycles. The van der Waals surface area contributed by atoms with Gasteiger partial charge in [-0.05, 0) is 19.1 Å². The van der Waals surface area contributed by atoms with Crippen LogP contribution in [0.4, 0.5) is 9.18 Å². The average Bonchev–Trinajstić information content (AvgIpc) is 2.77. The molecule has 164 valence electrons. The number of hydrogen-bond acceptors (Lipinski definition) is 6. The van der Waals surface area contributed by atoms with Gasteiger partial charge in [-0.15, -0.1) is 0 Å². The van der Waals surface area contributed by atoms with Crippen LogP contribution in [0.15, 0.2) is 48.5 Å². The first-order valence-electron chi connectivity index (χ1n) is 10.4. The van der Waals surface area contributed by atoms with Crippen LogP contribution in [0.5, 0.6) is 5.75 Å². The van der Waals surface area contributed by atoms with Crippen LogP contribution < -0.4 is 26.0 Å². The zero-order chi connectivity index (χ0) is 21.8. The summed E-state index contributed by atoms with van der Waals surface area (Å²) in [7, 11) is 0. The molecule has 0 aliphatic carbocycles. The molecule has 2 aromatic rings. The van der Waals surface area contributed by atoms with E-state index in [-0.39, 0.29) is 18.7 Å². The monoisotopic (exact) mass is 427 g/mol. The van der Waals surface area contributed by atoms with Gasteiger partial charge in [0.1, 0.15) is 17.9 Å². The standard InChI is InChI=1S/C22H26FN5O3/c1-2-31-18-10-6-4-7-14(18)11-24-21-25-12-16-19(26-21)27-22(30)28(20(16)29)13-15-8-3-5-9-17(15)23/h3-10,16,19,21,24-26H,2,11-13H2,1H3,(H,27,30). The molecule has 0 aromatic heterocycles. The van der Waals surface area contributed by atoms with E-state index >= 15 is 0 Å². The number of nitrogens with zero attached hydrogens (tertiary/aromatic N) is 1. The van der Waals surface area contributed by atoms with Crippen LogP contribution >= 0.6 is 0 Å². The van der Waals surface area contributed by atoms with Gasteiger partial charge in [-0.2, -0.15) is 0 Å². The second-order valence-corrected chi connectivity index (χ2v) is 7.48. The van der Waals surface area contributed by atoms with Crippen molar-refractivity contribution in [3.8, 4) is 5.75 Å². The van der Waals surface area contributed by atoms with Gasteiger partial charge in [0, 0.05) is 24.2 Å². The SMILES string of the molecule is CCOc1ccccc1CNC1NCC2C(=O)N(Cc3ccccc3F)C(=O)NC2N1. The zero-order valence-electron chi connectivity index (χ0n) is 17.2. The predicted molar refractivity (Wildman–Crippen MR) is 112 cm³/mol. The van der Waals surface area contributed by atoms with Gasteiger partial charge in [-0.3, -0.25) is 25.6 Å². The number of imide groups is 1. The third-order valence-electron chi connectivity index (χ3n) is 5.45. The Morgan fingerprint density at radius 2 is 1.87 bits per heavy atom. The Kier molecular flexibility index (Phi) is 6.45. The molecule has 8 nitrogen and oxygen atoms in total. The molecule has 3 atom stereocenters. The van der Waals surface area contributed by atoms with Crippen molar-refractivity contribution in [3.05, 3.63) is 65.5 Å². The van der Waals surface area contributed by atoms with Crippen LogP contribution in [0.2, 0.25) is 0 Å². The van der Waals surface area contributed by atoms with Crippen molar-refractivity contribution in [2.45, 2.75) is 32.5 Å². The summed E-state index contributed by atoms with van der Waals surface area (Å²) in [6.07, 6.45) is -0.820. The maximum atomic E-state index is 14.0. The van der Waals surface area contributed by atoms with Gasteiger partial charge in [-0.25, -0.2) is 9.18 Å². The fraction of sp³-hybridized carbons (Fsp3) is 0.364. The number of hydrogen-bond donors (Lipinski definition) is 4.